The van der Waals surface area contributed by atoms with Gasteiger partial charge in [-0.1, -0.05) is 12.1 Å². The number of piperidine rings is 1. The van der Waals surface area contributed by atoms with E-state index in [1.807, 2.05) is 24.1 Å². The standard InChI is InChI=1S/C13H19N3O2/c1-10-5-3-7-12(13(10)16(17)18)15(2)11-6-4-8-14-9-11/h3,5,7,11,14H,4,6,8-9H2,1-2H3. The molecule has 1 aliphatic rings. The van der Waals surface area contributed by atoms with E-state index >= 15 is 0 Å². The Morgan fingerprint density at radius 2 is 2.28 bits per heavy atom. The molecule has 0 amide bonds. The average molecular weight is 249 g/mol. The molecule has 0 bridgehead atoms. The fourth-order valence-corrected chi connectivity index (χ4v) is 2.53. The average Bonchev–Trinajstić information content (AvgIpc) is 2.38. The van der Waals surface area contributed by atoms with Crippen LogP contribution in [0, 0.1) is 17.0 Å². The van der Waals surface area contributed by atoms with Gasteiger partial charge in [-0.05, 0) is 32.4 Å². The zero-order valence-electron chi connectivity index (χ0n) is 10.8. The van der Waals surface area contributed by atoms with Crippen LogP contribution in [0.1, 0.15) is 18.4 Å². The summed E-state index contributed by atoms with van der Waals surface area (Å²) in [7, 11) is 1.94. The molecule has 1 aliphatic heterocycles. The highest BCUT2D eigenvalue weighted by molar-refractivity contribution is 5.66. The predicted molar refractivity (Wildman–Crippen MR) is 72.1 cm³/mol. The Morgan fingerprint density at radius 1 is 1.50 bits per heavy atom. The van der Waals surface area contributed by atoms with Crippen LogP contribution in [0.5, 0.6) is 0 Å². The van der Waals surface area contributed by atoms with E-state index in [2.05, 4.69) is 5.32 Å². The maximum Gasteiger partial charge on any atom is 0.295 e. The fourth-order valence-electron chi connectivity index (χ4n) is 2.53. The summed E-state index contributed by atoms with van der Waals surface area (Å²) in [6.07, 6.45) is 2.20. The molecule has 1 unspecified atom stereocenters. The van der Waals surface area contributed by atoms with E-state index in [4.69, 9.17) is 0 Å². The molecule has 98 valence electrons. The molecule has 18 heavy (non-hydrogen) atoms. The monoisotopic (exact) mass is 249 g/mol. The molecule has 1 atom stereocenters. The molecular weight excluding hydrogens is 230 g/mol. The Hall–Kier alpha value is -1.62. The first-order valence-corrected chi connectivity index (χ1v) is 6.29. The van der Waals surface area contributed by atoms with Crippen LogP contribution in [0.25, 0.3) is 0 Å². The third-order valence-electron chi connectivity index (χ3n) is 3.60. The number of hydrogen-bond donors (Lipinski definition) is 1. The number of benzene rings is 1. The van der Waals surface area contributed by atoms with Gasteiger partial charge in [0.05, 0.1) is 4.92 Å². The normalized spacial score (nSPS) is 19.6. The number of hydrogen-bond acceptors (Lipinski definition) is 4. The predicted octanol–water partition coefficient (Wildman–Crippen LogP) is 2.09. The van der Waals surface area contributed by atoms with E-state index in [0.29, 0.717) is 17.3 Å². The van der Waals surface area contributed by atoms with Crippen molar-refractivity contribution in [3.63, 3.8) is 0 Å². The Morgan fingerprint density at radius 3 is 2.89 bits per heavy atom. The number of aryl methyl sites for hydroxylation is 1. The smallest absolute Gasteiger partial charge is 0.295 e. The Labute approximate surface area is 107 Å². The van der Waals surface area contributed by atoms with E-state index in [1.54, 1.807) is 13.0 Å². The zero-order valence-corrected chi connectivity index (χ0v) is 10.8. The molecule has 5 heteroatoms. The molecular formula is C13H19N3O2. The minimum atomic E-state index is -0.280. The minimum Gasteiger partial charge on any atom is -0.365 e. The van der Waals surface area contributed by atoms with Crippen LogP contribution >= 0.6 is 0 Å². The van der Waals surface area contributed by atoms with Gasteiger partial charge in [0, 0.05) is 25.2 Å². The Kier molecular flexibility index (Phi) is 3.81. The summed E-state index contributed by atoms with van der Waals surface area (Å²) in [5.74, 6) is 0. The molecule has 1 aromatic rings. The van der Waals surface area contributed by atoms with Crippen molar-refractivity contribution in [3.05, 3.63) is 33.9 Å². The summed E-state index contributed by atoms with van der Waals surface area (Å²) in [5.41, 5.74) is 1.66. The second-order valence-corrected chi connectivity index (χ2v) is 4.81. The number of rotatable bonds is 3. The highest BCUT2D eigenvalue weighted by Gasteiger charge is 2.25. The quantitative estimate of drug-likeness (QED) is 0.658. The molecule has 0 aromatic heterocycles. The van der Waals surface area contributed by atoms with E-state index < -0.39 is 0 Å². The SMILES string of the molecule is Cc1cccc(N(C)C2CCCNC2)c1[N+](=O)[O-]. The lowest BCUT2D eigenvalue weighted by Crippen LogP contribution is -2.44. The highest BCUT2D eigenvalue weighted by atomic mass is 16.6. The zero-order chi connectivity index (χ0) is 13.1. The van der Waals surface area contributed by atoms with Gasteiger partial charge in [0.2, 0.25) is 0 Å². The first-order chi connectivity index (χ1) is 8.61. The first kappa shape index (κ1) is 12.8. The van der Waals surface area contributed by atoms with Crippen LogP contribution in [0.4, 0.5) is 11.4 Å². The highest BCUT2D eigenvalue weighted by Crippen LogP contribution is 2.32. The van der Waals surface area contributed by atoms with Crippen LogP contribution in [0.15, 0.2) is 18.2 Å². The first-order valence-electron chi connectivity index (χ1n) is 6.29. The van der Waals surface area contributed by atoms with Crippen LogP contribution in [-0.4, -0.2) is 31.1 Å². The lowest BCUT2D eigenvalue weighted by atomic mass is 10.0. The molecule has 1 N–H and O–H groups in total. The largest absolute Gasteiger partial charge is 0.365 e. The van der Waals surface area contributed by atoms with Crippen molar-refractivity contribution in [3.8, 4) is 0 Å². The molecule has 1 heterocycles. The molecule has 0 saturated carbocycles. The Balaban J connectivity index is 2.31. The van der Waals surface area contributed by atoms with Crippen molar-refractivity contribution in [1.82, 2.24) is 5.32 Å². The molecule has 2 rings (SSSR count). The van der Waals surface area contributed by atoms with Gasteiger partial charge in [-0.25, -0.2) is 0 Å². The summed E-state index contributed by atoms with van der Waals surface area (Å²) in [6.45, 7) is 3.72. The molecule has 0 spiro atoms. The summed E-state index contributed by atoms with van der Waals surface area (Å²) in [4.78, 5) is 13.0. The number of nitro benzene ring substituents is 1. The van der Waals surface area contributed by atoms with Crippen molar-refractivity contribution in [2.24, 2.45) is 0 Å². The van der Waals surface area contributed by atoms with Crippen LogP contribution in [0.3, 0.4) is 0 Å². The second kappa shape index (κ2) is 5.35. The van der Waals surface area contributed by atoms with Crippen molar-refractivity contribution in [2.45, 2.75) is 25.8 Å². The number of para-hydroxylation sites is 1. The van der Waals surface area contributed by atoms with Gasteiger partial charge < -0.3 is 10.2 Å². The molecule has 1 aromatic carbocycles. The van der Waals surface area contributed by atoms with Gasteiger partial charge in [-0.15, -0.1) is 0 Å². The van der Waals surface area contributed by atoms with Gasteiger partial charge in [-0.3, -0.25) is 10.1 Å². The molecule has 0 aliphatic carbocycles. The van der Waals surface area contributed by atoms with Gasteiger partial charge in [0.15, 0.2) is 0 Å². The summed E-state index contributed by atoms with van der Waals surface area (Å²) in [6, 6.07) is 5.83. The number of likely N-dealkylation sites (N-methyl/N-ethyl adjacent to an activating group) is 1. The van der Waals surface area contributed by atoms with E-state index in [9.17, 15) is 10.1 Å². The fraction of sp³-hybridized carbons (Fsp3) is 0.538. The number of anilines is 1. The van der Waals surface area contributed by atoms with Crippen LogP contribution < -0.4 is 10.2 Å². The summed E-state index contributed by atoms with van der Waals surface area (Å²) >= 11 is 0. The van der Waals surface area contributed by atoms with Crippen molar-refractivity contribution >= 4 is 11.4 Å². The van der Waals surface area contributed by atoms with E-state index in [-0.39, 0.29) is 10.6 Å². The topological polar surface area (TPSA) is 58.4 Å². The van der Waals surface area contributed by atoms with E-state index in [0.717, 1.165) is 25.9 Å². The van der Waals surface area contributed by atoms with Crippen molar-refractivity contribution < 1.29 is 4.92 Å². The van der Waals surface area contributed by atoms with Gasteiger partial charge in [-0.2, -0.15) is 0 Å². The van der Waals surface area contributed by atoms with Gasteiger partial charge >= 0.3 is 0 Å². The summed E-state index contributed by atoms with van der Waals surface area (Å²) in [5, 5.41) is 14.5. The van der Waals surface area contributed by atoms with Crippen molar-refractivity contribution in [2.75, 3.05) is 25.0 Å². The molecule has 0 radical (unpaired) electrons. The van der Waals surface area contributed by atoms with Gasteiger partial charge in [0.25, 0.3) is 5.69 Å². The lowest BCUT2D eigenvalue weighted by Gasteiger charge is -2.33. The maximum atomic E-state index is 11.2. The van der Waals surface area contributed by atoms with Gasteiger partial charge in [0.1, 0.15) is 5.69 Å². The Bertz CT molecular complexity index is 442. The minimum absolute atomic E-state index is 0.227. The van der Waals surface area contributed by atoms with Crippen LogP contribution in [0.2, 0.25) is 0 Å². The number of nitrogens with one attached hydrogen (secondary N) is 1. The van der Waals surface area contributed by atoms with Crippen molar-refractivity contribution in [1.29, 1.82) is 0 Å². The maximum absolute atomic E-state index is 11.2. The number of nitro groups is 1. The van der Waals surface area contributed by atoms with Crippen LogP contribution in [-0.2, 0) is 0 Å². The third kappa shape index (κ3) is 2.46. The lowest BCUT2D eigenvalue weighted by molar-refractivity contribution is -0.384. The number of nitrogens with zero attached hydrogens (tertiary/aromatic N) is 2. The molecule has 5 nitrogen and oxygen atoms in total. The van der Waals surface area contributed by atoms with E-state index in [1.165, 1.54) is 0 Å². The summed E-state index contributed by atoms with van der Waals surface area (Å²) < 4.78 is 0. The molecule has 1 fully saturated rings. The molecule has 1 saturated heterocycles. The third-order valence-corrected chi connectivity index (χ3v) is 3.60. The second-order valence-electron chi connectivity index (χ2n) is 4.81.